The van der Waals surface area contributed by atoms with Gasteiger partial charge in [0.05, 0.1) is 0 Å². The fourth-order valence-corrected chi connectivity index (χ4v) is 7.90. The Morgan fingerprint density at radius 3 is 1.33 bits per heavy atom. The second-order valence-corrected chi connectivity index (χ2v) is 17.4. The highest BCUT2D eigenvalue weighted by Crippen LogP contribution is 2.21. The molecule has 2 aromatic rings. The molecule has 2 aromatic carbocycles. The lowest BCUT2D eigenvalue weighted by Crippen LogP contribution is -2.43. The van der Waals surface area contributed by atoms with Gasteiger partial charge in [0.15, 0.2) is 0 Å². The lowest BCUT2D eigenvalue weighted by molar-refractivity contribution is -0.121. The van der Waals surface area contributed by atoms with Crippen molar-refractivity contribution in [3.05, 3.63) is 71.8 Å². The van der Waals surface area contributed by atoms with Crippen LogP contribution in [0.15, 0.2) is 60.7 Å². The van der Waals surface area contributed by atoms with Gasteiger partial charge in [-0.3, -0.25) is 19.3 Å². The Labute approximate surface area is 371 Å². The standard InChI is InChI=1S/C20H26N2.C8H16N2O.C7H14N2O.C6H14N2.C6H11NO.C2H6/c1-21-14-12-20(13-15-21)22(16-18-8-4-2-5-9-18)17-19-10-6-3-7-11-19;1-7(11)9-8-3-5-10(2)6-4-8;1-6(10)9-7-2-4-8-5-3-7;1-8-4-2-6(7)3-5-8;1-7-4-2-6(8)3-5-7;1-2/h2-11,20H,12-17H2,1H3;8H,3-6H2,1-2H3,(H,9,11);7-8H,2-5H2,1H3,(H,9,10);6H,2-5,7H2,1H3;2-5H2,1H3;1-2H3. The van der Waals surface area contributed by atoms with Crippen LogP contribution in [-0.2, 0) is 27.5 Å². The number of amides is 2. The predicted octanol–water partition coefficient (Wildman–Crippen LogP) is 5.22. The third kappa shape index (κ3) is 26.1. The molecule has 0 bridgehead atoms. The van der Waals surface area contributed by atoms with Crippen LogP contribution in [0.5, 0.6) is 0 Å². The van der Waals surface area contributed by atoms with Crippen LogP contribution >= 0.6 is 0 Å². The van der Waals surface area contributed by atoms with Gasteiger partial charge in [0.25, 0.3) is 0 Å². The third-order valence-corrected chi connectivity index (χ3v) is 11.8. The van der Waals surface area contributed by atoms with E-state index in [2.05, 4.69) is 122 Å². The number of Topliss-reactive ketones (excluding diaryl/α,β-unsaturated/α-hetero) is 1. The lowest BCUT2D eigenvalue weighted by Gasteiger charge is -2.37. The maximum Gasteiger partial charge on any atom is 0.217 e. The van der Waals surface area contributed by atoms with Crippen molar-refractivity contribution >= 4 is 17.6 Å². The molecule has 5 saturated heterocycles. The zero-order valence-corrected chi connectivity index (χ0v) is 39.7. The molecule has 12 heteroatoms. The molecule has 12 nitrogen and oxygen atoms in total. The first-order chi connectivity index (χ1) is 29.4. The van der Waals surface area contributed by atoms with Crippen LogP contribution in [0.2, 0.25) is 0 Å². The number of carbonyl (C=O) groups excluding carboxylic acids is 3. The average molecular weight is 850 g/mol. The molecule has 0 aliphatic carbocycles. The SMILES string of the molecule is CC.CC(=O)NC1CCN(C)CC1.CC(=O)NC1CCNCC1.CN1CCC(=O)CC1.CN1CCC(N(Cc2ccccc2)Cc2ccccc2)CC1.CN1CCC(N)CC1. The van der Waals surface area contributed by atoms with E-state index >= 15 is 0 Å². The average Bonchev–Trinajstić information content (AvgIpc) is 3.26. The Morgan fingerprint density at radius 2 is 0.951 bits per heavy atom. The maximum atomic E-state index is 10.7. The van der Waals surface area contributed by atoms with Crippen molar-refractivity contribution in [2.75, 3.05) is 93.6 Å². The summed E-state index contributed by atoms with van der Waals surface area (Å²) in [5.74, 6) is 0.606. The molecule has 0 aromatic heterocycles. The number of hydrogen-bond acceptors (Lipinski definition) is 10. The Hall–Kier alpha value is -3.23. The molecular formula is C49H87N9O3. The van der Waals surface area contributed by atoms with Crippen LogP contribution in [0.3, 0.4) is 0 Å². The highest BCUT2D eigenvalue weighted by molar-refractivity contribution is 5.79. The molecule has 0 atom stereocenters. The Bertz CT molecular complexity index is 1340. The van der Waals surface area contributed by atoms with Gasteiger partial charge in [-0.2, -0.15) is 0 Å². The van der Waals surface area contributed by atoms with E-state index in [0.29, 0.717) is 30.0 Å². The van der Waals surface area contributed by atoms with Crippen LogP contribution in [0.4, 0.5) is 0 Å². The summed E-state index contributed by atoms with van der Waals surface area (Å²) in [5.41, 5.74) is 8.50. The van der Waals surface area contributed by atoms with Crippen LogP contribution in [-0.4, -0.2) is 160 Å². The van der Waals surface area contributed by atoms with Gasteiger partial charge in [-0.15, -0.1) is 0 Å². The predicted molar refractivity (Wildman–Crippen MR) is 254 cm³/mol. The molecule has 5 aliphatic rings. The van der Waals surface area contributed by atoms with Crippen LogP contribution in [0, 0.1) is 0 Å². The first-order valence-electron chi connectivity index (χ1n) is 23.4. The zero-order chi connectivity index (χ0) is 44.8. The van der Waals surface area contributed by atoms with Crippen molar-refractivity contribution in [2.45, 2.75) is 129 Å². The minimum absolute atomic E-state index is 0.0897. The quantitative estimate of drug-likeness (QED) is 0.295. The Morgan fingerprint density at radius 1 is 0.590 bits per heavy atom. The molecule has 0 spiro atoms. The van der Waals surface area contributed by atoms with E-state index in [1.54, 1.807) is 13.8 Å². The maximum absolute atomic E-state index is 10.7. The molecule has 346 valence electrons. The molecule has 61 heavy (non-hydrogen) atoms. The number of likely N-dealkylation sites (tertiary alicyclic amines) is 4. The Balaban J connectivity index is 0.000000279. The van der Waals surface area contributed by atoms with E-state index in [1.807, 2.05) is 20.9 Å². The number of rotatable bonds is 7. The van der Waals surface area contributed by atoms with Gasteiger partial charge in [0.1, 0.15) is 5.78 Å². The topological polar surface area (TPSA) is 130 Å². The van der Waals surface area contributed by atoms with Crippen molar-refractivity contribution < 1.29 is 14.4 Å². The number of ketones is 1. The molecule has 5 N–H and O–H groups in total. The molecule has 5 fully saturated rings. The normalized spacial score (nSPS) is 20.1. The second kappa shape index (κ2) is 32.4. The van der Waals surface area contributed by atoms with Gasteiger partial charge < -0.3 is 41.3 Å². The van der Waals surface area contributed by atoms with Gasteiger partial charge in [-0.25, -0.2) is 0 Å². The minimum atomic E-state index is 0.0897. The summed E-state index contributed by atoms with van der Waals surface area (Å²) in [4.78, 5) is 43.7. The number of piperidine rings is 5. The van der Waals surface area contributed by atoms with Crippen molar-refractivity contribution in [3.8, 4) is 0 Å². The van der Waals surface area contributed by atoms with Crippen molar-refractivity contribution in [3.63, 3.8) is 0 Å². The summed E-state index contributed by atoms with van der Waals surface area (Å²) in [7, 11) is 8.54. The minimum Gasteiger partial charge on any atom is -0.354 e. The number of nitrogens with zero attached hydrogens (tertiary/aromatic N) is 5. The van der Waals surface area contributed by atoms with Gasteiger partial charge in [0, 0.05) is 77.0 Å². The van der Waals surface area contributed by atoms with E-state index in [4.69, 9.17) is 5.73 Å². The smallest absolute Gasteiger partial charge is 0.217 e. The molecule has 0 radical (unpaired) electrons. The first-order valence-corrected chi connectivity index (χ1v) is 23.4. The molecule has 0 unspecified atom stereocenters. The Kier molecular flexibility index (Phi) is 28.7. The van der Waals surface area contributed by atoms with Crippen LogP contribution in [0.1, 0.15) is 103 Å². The molecular weight excluding hydrogens is 763 g/mol. The fraction of sp³-hybridized carbons (Fsp3) is 0.694. The number of hydrogen-bond donors (Lipinski definition) is 4. The second-order valence-electron chi connectivity index (χ2n) is 17.4. The van der Waals surface area contributed by atoms with Crippen molar-refractivity contribution in [1.29, 1.82) is 0 Å². The van der Waals surface area contributed by atoms with E-state index in [0.717, 1.165) is 90.9 Å². The third-order valence-electron chi connectivity index (χ3n) is 11.8. The molecule has 0 saturated carbocycles. The highest BCUT2D eigenvalue weighted by Gasteiger charge is 2.23. The zero-order valence-electron chi connectivity index (χ0n) is 39.7. The van der Waals surface area contributed by atoms with Gasteiger partial charge in [-0.1, -0.05) is 74.5 Å². The first kappa shape index (κ1) is 53.9. The van der Waals surface area contributed by atoms with E-state index in [9.17, 15) is 14.4 Å². The summed E-state index contributed by atoms with van der Waals surface area (Å²) in [6.45, 7) is 20.2. The molecule has 5 aliphatic heterocycles. The van der Waals surface area contributed by atoms with Crippen molar-refractivity contribution in [2.24, 2.45) is 5.73 Å². The van der Waals surface area contributed by atoms with E-state index in [-0.39, 0.29) is 11.8 Å². The van der Waals surface area contributed by atoms with Gasteiger partial charge in [-0.05, 0) is 143 Å². The monoisotopic (exact) mass is 850 g/mol. The highest BCUT2D eigenvalue weighted by atomic mass is 16.2. The number of nitrogens with one attached hydrogen (secondary N) is 3. The molecule has 2 amide bonds. The van der Waals surface area contributed by atoms with Gasteiger partial charge >= 0.3 is 0 Å². The number of nitrogens with two attached hydrogens (primary N) is 1. The number of carbonyl (C=O) groups is 3. The van der Waals surface area contributed by atoms with E-state index < -0.39 is 0 Å². The van der Waals surface area contributed by atoms with Crippen LogP contribution < -0.4 is 21.7 Å². The van der Waals surface area contributed by atoms with Crippen LogP contribution in [0.25, 0.3) is 0 Å². The molecule has 7 rings (SSSR count). The summed E-state index contributed by atoms with van der Waals surface area (Å²) in [6, 6.07) is 23.7. The van der Waals surface area contributed by atoms with E-state index in [1.165, 1.54) is 63.0 Å². The fourth-order valence-electron chi connectivity index (χ4n) is 7.90. The lowest BCUT2D eigenvalue weighted by atomic mass is 10.0. The summed E-state index contributed by atoms with van der Waals surface area (Å²) < 4.78 is 0. The summed E-state index contributed by atoms with van der Waals surface area (Å²) in [5, 5.41) is 9.08. The summed E-state index contributed by atoms with van der Waals surface area (Å²) >= 11 is 0. The summed E-state index contributed by atoms with van der Waals surface area (Å²) in [6.07, 6.45) is 10.7. The largest absolute Gasteiger partial charge is 0.354 e. The number of benzene rings is 2. The van der Waals surface area contributed by atoms with Crippen molar-refractivity contribution in [1.82, 2.24) is 40.4 Å². The van der Waals surface area contributed by atoms with Gasteiger partial charge in [0.2, 0.25) is 11.8 Å². The molecule has 5 heterocycles.